The van der Waals surface area contributed by atoms with Gasteiger partial charge in [0.05, 0.1) is 11.6 Å². The molecule has 1 aromatic carbocycles. The highest BCUT2D eigenvalue weighted by molar-refractivity contribution is 5.81. The summed E-state index contributed by atoms with van der Waals surface area (Å²) in [5.41, 5.74) is 0.910. The monoisotopic (exact) mass is 240 g/mol. The first-order chi connectivity index (χ1) is 8.65. The van der Waals surface area contributed by atoms with Gasteiger partial charge >= 0.3 is 0 Å². The number of aromatic nitrogens is 4. The molecule has 3 rings (SSSR count). The molecule has 2 heterocycles. The van der Waals surface area contributed by atoms with Crippen LogP contribution in [0.1, 0.15) is 5.56 Å². The third-order valence-electron chi connectivity index (χ3n) is 2.86. The van der Waals surface area contributed by atoms with E-state index in [1.54, 1.807) is 30.2 Å². The van der Waals surface area contributed by atoms with Crippen molar-refractivity contribution in [2.24, 2.45) is 7.05 Å². The first-order valence-corrected chi connectivity index (χ1v) is 5.64. The van der Waals surface area contributed by atoms with Crippen LogP contribution in [0, 0.1) is 6.92 Å². The van der Waals surface area contributed by atoms with Crippen molar-refractivity contribution in [3.8, 4) is 5.82 Å². The lowest BCUT2D eigenvalue weighted by Gasteiger charge is -2.03. The second kappa shape index (κ2) is 3.80. The number of nitrogens with zero attached hydrogens (tertiary/aromatic N) is 4. The van der Waals surface area contributed by atoms with Crippen LogP contribution >= 0.6 is 0 Å². The summed E-state index contributed by atoms with van der Waals surface area (Å²) in [7, 11) is 1.81. The van der Waals surface area contributed by atoms with E-state index in [9.17, 15) is 4.79 Å². The Labute approximate surface area is 103 Å². The molecule has 0 unspecified atom stereocenters. The number of fused-ring (bicyclic) bond motifs is 1. The SMILES string of the molecule is Cc1ccc2cnn(-c3ccn(C)n3)c(=O)c2c1. The highest BCUT2D eigenvalue weighted by Crippen LogP contribution is 2.11. The predicted octanol–water partition coefficient (Wildman–Crippen LogP) is 1.43. The second-order valence-electron chi connectivity index (χ2n) is 4.30. The Hall–Kier alpha value is -2.43. The molecule has 0 bridgehead atoms. The fourth-order valence-electron chi connectivity index (χ4n) is 1.93. The Kier molecular flexibility index (Phi) is 2.26. The van der Waals surface area contributed by atoms with E-state index < -0.39 is 0 Å². The lowest BCUT2D eigenvalue weighted by molar-refractivity contribution is 0.716. The van der Waals surface area contributed by atoms with Gasteiger partial charge in [-0.05, 0) is 13.0 Å². The van der Waals surface area contributed by atoms with E-state index in [0.717, 1.165) is 10.9 Å². The van der Waals surface area contributed by atoms with Crippen LogP contribution in [0.4, 0.5) is 0 Å². The molecule has 0 spiro atoms. The van der Waals surface area contributed by atoms with Gasteiger partial charge in [0.25, 0.3) is 5.56 Å². The van der Waals surface area contributed by atoms with Crippen LogP contribution in [0.3, 0.4) is 0 Å². The Morgan fingerprint density at radius 3 is 2.78 bits per heavy atom. The molecule has 18 heavy (non-hydrogen) atoms. The van der Waals surface area contributed by atoms with Gasteiger partial charge in [-0.25, -0.2) is 0 Å². The summed E-state index contributed by atoms with van der Waals surface area (Å²) in [6, 6.07) is 7.51. The van der Waals surface area contributed by atoms with Gasteiger partial charge in [0.15, 0.2) is 5.82 Å². The average Bonchev–Trinajstić information content (AvgIpc) is 2.77. The van der Waals surface area contributed by atoms with Gasteiger partial charge < -0.3 is 0 Å². The number of hydrogen-bond donors (Lipinski definition) is 0. The van der Waals surface area contributed by atoms with E-state index in [1.165, 1.54) is 4.68 Å². The van der Waals surface area contributed by atoms with E-state index in [0.29, 0.717) is 11.2 Å². The lowest BCUT2D eigenvalue weighted by Crippen LogP contribution is -2.21. The van der Waals surface area contributed by atoms with Crippen molar-refractivity contribution in [1.82, 2.24) is 19.6 Å². The minimum absolute atomic E-state index is 0.144. The van der Waals surface area contributed by atoms with Gasteiger partial charge in [0.1, 0.15) is 0 Å². The van der Waals surface area contributed by atoms with E-state index in [2.05, 4.69) is 10.2 Å². The molecule has 0 atom stereocenters. The fraction of sp³-hybridized carbons (Fsp3) is 0.154. The molecule has 0 amide bonds. The first-order valence-electron chi connectivity index (χ1n) is 5.64. The van der Waals surface area contributed by atoms with E-state index in [1.807, 2.05) is 25.1 Å². The molecule has 0 aliphatic rings. The van der Waals surface area contributed by atoms with Crippen molar-refractivity contribution in [2.75, 3.05) is 0 Å². The fourth-order valence-corrected chi connectivity index (χ4v) is 1.93. The van der Waals surface area contributed by atoms with Gasteiger partial charge in [0, 0.05) is 24.7 Å². The van der Waals surface area contributed by atoms with Crippen molar-refractivity contribution in [3.05, 3.63) is 52.6 Å². The summed E-state index contributed by atoms with van der Waals surface area (Å²) in [5, 5.41) is 9.84. The molecule has 90 valence electrons. The van der Waals surface area contributed by atoms with Gasteiger partial charge in [-0.3, -0.25) is 9.48 Å². The molecule has 2 aromatic heterocycles. The Balaban J connectivity index is 2.32. The highest BCUT2D eigenvalue weighted by Gasteiger charge is 2.07. The molecule has 0 aliphatic carbocycles. The minimum atomic E-state index is -0.144. The first kappa shape index (κ1) is 10.7. The van der Waals surface area contributed by atoms with Crippen LogP contribution < -0.4 is 5.56 Å². The van der Waals surface area contributed by atoms with Crippen molar-refractivity contribution in [1.29, 1.82) is 0 Å². The Bertz CT molecular complexity index is 785. The molecule has 5 nitrogen and oxygen atoms in total. The summed E-state index contributed by atoms with van der Waals surface area (Å²) < 4.78 is 2.96. The zero-order chi connectivity index (χ0) is 12.7. The quantitative estimate of drug-likeness (QED) is 0.646. The molecule has 0 fully saturated rings. The Morgan fingerprint density at radius 1 is 1.22 bits per heavy atom. The molecule has 0 N–H and O–H groups in total. The number of aryl methyl sites for hydroxylation is 2. The summed E-state index contributed by atoms with van der Waals surface area (Å²) >= 11 is 0. The molecule has 0 saturated heterocycles. The van der Waals surface area contributed by atoms with Gasteiger partial charge in [0.2, 0.25) is 0 Å². The third-order valence-corrected chi connectivity index (χ3v) is 2.86. The van der Waals surface area contributed by atoms with Gasteiger partial charge in [-0.2, -0.15) is 14.9 Å². The lowest BCUT2D eigenvalue weighted by atomic mass is 10.1. The maximum Gasteiger partial charge on any atom is 0.280 e. The van der Waals surface area contributed by atoms with E-state index >= 15 is 0 Å². The molecule has 0 radical (unpaired) electrons. The summed E-state index contributed by atoms with van der Waals surface area (Å²) in [5.74, 6) is 0.533. The zero-order valence-corrected chi connectivity index (χ0v) is 10.2. The van der Waals surface area contributed by atoms with Crippen molar-refractivity contribution < 1.29 is 0 Å². The van der Waals surface area contributed by atoms with Crippen LogP contribution in [0.25, 0.3) is 16.6 Å². The number of rotatable bonds is 1. The van der Waals surface area contributed by atoms with Crippen molar-refractivity contribution in [3.63, 3.8) is 0 Å². The molecule has 0 aliphatic heterocycles. The Morgan fingerprint density at radius 2 is 2.06 bits per heavy atom. The zero-order valence-electron chi connectivity index (χ0n) is 10.2. The maximum atomic E-state index is 12.3. The van der Waals surface area contributed by atoms with Gasteiger partial charge in [-0.1, -0.05) is 17.7 Å². The third kappa shape index (κ3) is 1.60. The second-order valence-corrected chi connectivity index (χ2v) is 4.30. The minimum Gasteiger partial charge on any atom is -0.274 e. The van der Waals surface area contributed by atoms with Crippen LogP contribution in [0.5, 0.6) is 0 Å². The maximum absolute atomic E-state index is 12.3. The van der Waals surface area contributed by atoms with Crippen LogP contribution in [0.15, 0.2) is 41.5 Å². The van der Waals surface area contributed by atoms with Crippen LogP contribution in [-0.2, 0) is 7.05 Å². The van der Waals surface area contributed by atoms with E-state index in [-0.39, 0.29) is 5.56 Å². The standard InChI is InChI=1S/C13H12N4O/c1-9-3-4-10-8-14-17(13(18)11(10)7-9)12-5-6-16(2)15-12/h3-8H,1-2H3. The molecular weight excluding hydrogens is 228 g/mol. The van der Waals surface area contributed by atoms with Gasteiger partial charge in [-0.15, -0.1) is 0 Å². The normalized spacial score (nSPS) is 11.0. The van der Waals surface area contributed by atoms with E-state index in [4.69, 9.17) is 0 Å². The predicted molar refractivity (Wildman–Crippen MR) is 68.8 cm³/mol. The van der Waals surface area contributed by atoms with Crippen LogP contribution in [0.2, 0.25) is 0 Å². The van der Waals surface area contributed by atoms with Crippen molar-refractivity contribution >= 4 is 10.8 Å². The summed E-state index contributed by atoms with van der Waals surface area (Å²) in [6.07, 6.45) is 3.47. The molecule has 5 heteroatoms. The largest absolute Gasteiger partial charge is 0.280 e. The average molecular weight is 240 g/mol. The summed E-state index contributed by atoms with van der Waals surface area (Å²) in [6.45, 7) is 1.96. The smallest absolute Gasteiger partial charge is 0.274 e. The van der Waals surface area contributed by atoms with Crippen LogP contribution in [-0.4, -0.2) is 19.6 Å². The molecular formula is C13H12N4O. The summed E-state index contributed by atoms with van der Waals surface area (Å²) in [4.78, 5) is 12.3. The number of benzene rings is 1. The highest BCUT2D eigenvalue weighted by atomic mass is 16.1. The number of hydrogen-bond acceptors (Lipinski definition) is 3. The molecule has 3 aromatic rings. The topological polar surface area (TPSA) is 52.7 Å². The van der Waals surface area contributed by atoms with Crippen molar-refractivity contribution in [2.45, 2.75) is 6.92 Å². The molecule has 0 saturated carbocycles.